The molecule has 234 valence electrons. The Bertz CT molecular complexity index is 1690. The molecular formula is C33H39BrFN5O3S. The molecule has 1 fully saturated rings. The molecule has 0 spiro atoms. The van der Waals surface area contributed by atoms with Crippen LogP contribution in [0.4, 0.5) is 10.2 Å². The van der Waals surface area contributed by atoms with Gasteiger partial charge in [0.05, 0.1) is 11.2 Å². The first-order valence-corrected chi connectivity index (χ1v) is 16.4. The van der Waals surface area contributed by atoms with Gasteiger partial charge in [-0.2, -0.15) is 9.61 Å². The summed E-state index contributed by atoms with van der Waals surface area (Å²) in [5, 5.41) is 16.1. The van der Waals surface area contributed by atoms with E-state index in [1.165, 1.54) is 23.5 Å². The Balaban J connectivity index is 1.57. The summed E-state index contributed by atoms with van der Waals surface area (Å²) in [5.74, 6) is -0.656. The first kappa shape index (κ1) is 32.2. The molecule has 1 N–H and O–H groups in total. The zero-order chi connectivity index (χ0) is 31.8. The standard InChI is InChI=1S/C33H39BrFN5O3S/c1-7-8-11-33(6)12-14-39(15-13-33)30-27(28(31(41)42)43-32(3,4)5)20(2)37-26-18-25(38-40(26)30)29-36-19-23(44-29)16-21-9-10-22(35)17-24(21)34/h7,9-10,17-19,28H,1,8,11-16H2,2-6H3,(H,41,42). The van der Waals surface area contributed by atoms with Crippen molar-refractivity contribution in [3.05, 3.63) is 75.1 Å². The summed E-state index contributed by atoms with van der Waals surface area (Å²) in [6, 6.07) is 6.58. The monoisotopic (exact) mass is 683 g/mol. The Morgan fingerprint density at radius 3 is 2.66 bits per heavy atom. The molecule has 3 aromatic heterocycles. The largest absolute Gasteiger partial charge is 0.479 e. The second-order valence-corrected chi connectivity index (χ2v) is 14.8. The van der Waals surface area contributed by atoms with Crippen LogP contribution in [0.2, 0.25) is 0 Å². The van der Waals surface area contributed by atoms with E-state index >= 15 is 0 Å². The summed E-state index contributed by atoms with van der Waals surface area (Å²) in [6.07, 6.45) is 7.13. The van der Waals surface area contributed by atoms with Gasteiger partial charge in [-0.15, -0.1) is 17.9 Å². The fraction of sp³-hybridized carbons (Fsp3) is 0.455. The molecule has 1 aromatic carbocycles. The number of carboxylic acid groups (broad SMARTS) is 1. The van der Waals surface area contributed by atoms with Crippen molar-refractivity contribution >= 4 is 44.7 Å². The molecule has 1 aliphatic rings. The zero-order valence-electron chi connectivity index (χ0n) is 25.9. The highest BCUT2D eigenvalue weighted by atomic mass is 79.9. The summed E-state index contributed by atoms with van der Waals surface area (Å²) < 4.78 is 22.2. The highest BCUT2D eigenvalue weighted by Gasteiger charge is 2.37. The summed E-state index contributed by atoms with van der Waals surface area (Å²) >= 11 is 4.97. The van der Waals surface area contributed by atoms with Gasteiger partial charge >= 0.3 is 5.97 Å². The molecule has 1 unspecified atom stereocenters. The molecule has 1 saturated heterocycles. The topological polar surface area (TPSA) is 92.8 Å². The van der Waals surface area contributed by atoms with Crippen LogP contribution in [0.5, 0.6) is 0 Å². The Hall–Kier alpha value is -3.15. The van der Waals surface area contributed by atoms with Crippen LogP contribution in [0.1, 0.15) is 81.2 Å². The molecule has 1 aliphatic heterocycles. The average molecular weight is 685 g/mol. The third-order valence-corrected chi connectivity index (χ3v) is 9.89. The maximum atomic E-state index is 13.6. The van der Waals surface area contributed by atoms with Crippen molar-refractivity contribution < 1.29 is 19.0 Å². The van der Waals surface area contributed by atoms with E-state index < -0.39 is 17.7 Å². The predicted octanol–water partition coefficient (Wildman–Crippen LogP) is 8.17. The minimum Gasteiger partial charge on any atom is -0.479 e. The van der Waals surface area contributed by atoms with Crippen molar-refractivity contribution in [2.24, 2.45) is 5.41 Å². The molecule has 0 amide bonds. The van der Waals surface area contributed by atoms with E-state index in [1.807, 2.05) is 46.0 Å². The average Bonchev–Trinajstić information content (AvgIpc) is 3.59. The van der Waals surface area contributed by atoms with Crippen molar-refractivity contribution in [3.63, 3.8) is 0 Å². The number of hydrogen-bond acceptors (Lipinski definition) is 7. The van der Waals surface area contributed by atoms with Gasteiger partial charge in [0, 0.05) is 46.8 Å². The van der Waals surface area contributed by atoms with E-state index in [4.69, 9.17) is 14.8 Å². The van der Waals surface area contributed by atoms with E-state index in [-0.39, 0.29) is 11.2 Å². The van der Waals surface area contributed by atoms with E-state index in [0.29, 0.717) is 39.3 Å². The molecular weight excluding hydrogens is 645 g/mol. The Morgan fingerprint density at radius 1 is 1.30 bits per heavy atom. The number of allylic oxidation sites excluding steroid dienone is 1. The van der Waals surface area contributed by atoms with Crippen molar-refractivity contribution in [3.8, 4) is 10.7 Å². The van der Waals surface area contributed by atoms with Gasteiger partial charge < -0.3 is 14.7 Å². The van der Waals surface area contributed by atoms with E-state index in [0.717, 1.165) is 54.2 Å². The van der Waals surface area contributed by atoms with Gasteiger partial charge in [-0.05, 0) is 76.5 Å². The molecule has 1 atom stereocenters. The fourth-order valence-corrected chi connectivity index (χ4v) is 7.12. The van der Waals surface area contributed by atoms with Crippen LogP contribution in [-0.2, 0) is 16.0 Å². The maximum absolute atomic E-state index is 13.6. The molecule has 0 radical (unpaired) electrons. The lowest BCUT2D eigenvalue weighted by Crippen LogP contribution is -2.41. The molecule has 0 aliphatic carbocycles. The van der Waals surface area contributed by atoms with Crippen LogP contribution in [0, 0.1) is 18.2 Å². The van der Waals surface area contributed by atoms with Gasteiger partial charge in [0.15, 0.2) is 11.8 Å². The molecule has 44 heavy (non-hydrogen) atoms. The maximum Gasteiger partial charge on any atom is 0.337 e. The minimum atomic E-state index is -1.22. The number of aromatic nitrogens is 4. The van der Waals surface area contributed by atoms with Gasteiger partial charge in [0.1, 0.15) is 22.3 Å². The number of carboxylic acids is 1. The van der Waals surface area contributed by atoms with Crippen molar-refractivity contribution in [2.75, 3.05) is 18.0 Å². The first-order valence-electron chi connectivity index (χ1n) is 14.8. The quantitative estimate of drug-likeness (QED) is 0.169. The van der Waals surface area contributed by atoms with Gasteiger partial charge in [0.2, 0.25) is 0 Å². The lowest BCUT2D eigenvalue weighted by atomic mass is 9.76. The number of aryl methyl sites for hydroxylation is 1. The SMILES string of the molecule is C=CCCC1(C)CCN(c2c(C(OC(C)(C)C)C(=O)O)c(C)nc3cc(-c4ncc(Cc5ccc(F)cc5Br)s4)nn23)CC1. The third-order valence-electron chi connectivity index (χ3n) is 8.14. The number of benzene rings is 1. The molecule has 0 bridgehead atoms. The number of anilines is 1. The van der Waals surface area contributed by atoms with Gasteiger partial charge in [-0.3, -0.25) is 0 Å². The molecule has 4 heterocycles. The summed E-state index contributed by atoms with van der Waals surface area (Å²) in [7, 11) is 0. The summed E-state index contributed by atoms with van der Waals surface area (Å²) in [5.41, 5.74) is 2.84. The van der Waals surface area contributed by atoms with Crippen molar-refractivity contribution in [2.45, 2.75) is 78.4 Å². The Kier molecular flexibility index (Phi) is 9.30. The predicted molar refractivity (Wildman–Crippen MR) is 176 cm³/mol. The number of aliphatic carboxylic acids is 1. The molecule has 5 rings (SSSR count). The van der Waals surface area contributed by atoms with Gasteiger partial charge in [-0.1, -0.05) is 35.0 Å². The summed E-state index contributed by atoms with van der Waals surface area (Å²) in [6.45, 7) is 15.1. The third kappa shape index (κ3) is 7.05. The number of piperidine rings is 1. The second kappa shape index (κ2) is 12.7. The second-order valence-electron chi connectivity index (χ2n) is 12.9. The van der Waals surface area contributed by atoms with Crippen LogP contribution in [0.15, 0.2) is 47.6 Å². The lowest BCUT2D eigenvalue weighted by molar-refractivity contribution is -0.160. The van der Waals surface area contributed by atoms with Crippen LogP contribution < -0.4 is 4.90 Å². The highest BCUT2D eigenvalue weighted by Crippen LogP contribution is 2.41. The van der Waals surface area contributed by atoms with Crippen LogP contribution in [0.25, 0.3) is 16.3 Å². The smallest absolute Gasteiger partial charge is 0.337 e. The van der Waals surface area contributed by atoms with Crippen molar-refractivity contribution in [1.82, 2.24) is 19.6 Å². The van der Waals surface area contributed by atoms with E-state index in [1.54, 1.807) is 10.6 Å². The highest BCUT2D eigenvalue weighted by molar-refractivity contribution is 9.10. The number of nitrogens with zero attached hydrogens (tertiary/aromatic N) is 5. The van der Waals surface area contributed by atoms with Crippen LogP contribution in [-0.4, -0.2) is 49.3 Å². The lowest BCUT2D eigenvalue weighted by Gasteiger charge is -2.41. The Labute approximate surface area is 270 Å². The molecule has 4 aromatic rings. The summed E-state index contributed by atoms with van der Waals surface area (Å²) in [4.78, 5) is 25.4. The molecule has 8 nitrogen and oxygen atoms in total. The Morgan fingerprint density at radius 2 is 2.02 bits per heavy atom. The number of halogens is 2. The number of hydrogen-bond donors (Lipinski definition) is 1. The van der Waals surface area contributed by atoms with Crippen molar-refractivity contribution in [1.29, 1.82) is 0 Å². The normalized spacial score (nSPS) is 15.9. The van der Waals surface area contributed by atoms with Crippen LogP contribution in [0.3, 0.4) is 0 Å². The minimum absolute atomic E-state index is 0.187. The van der Waals surface area contributed by atoms with Gasteiger partial charge in [0.25, 0.3) is 0 Å². The first-order chi connectivity index (χ1) is 20.8. The fourth-order valence-electron chi connectivity index (χ4n) is 5.74. The number of thiazole rings is 1. The van der Waals surface area contributed by atoms with E-state index in [2.05, 4.69) is 39.3 Å². The number of rotatable bonds is 10. The molecule has 0 saturated carbocycles. The number of carbonyl (C=O) groups is 1. The number of ether oxygens (including phenoxy) is 1. The van der Waals surface area contributed by atoms with Gasteiger partial charge in [-0.25, -0.2) is 19.2 Å². The number of fused-ring (bicyclic) bond motifs is 1. The molecule has 11 heteroatoms. The zero-order valence-corrected chi connectivity index (χ0v) is 28.3. The van der Waals surface area contributed by atoms with E-state index in [9.17, 15) is 14.3 Å². The van der Waals surface area contributed by atoms with Crippen LogP contribution >= 0.6 is 27.3 Å².